The molecule has 1 N–H and O–H groups in total. The van der Waals surface area contributed by atoms with E-state index in [9.17, 15) is 4.79 Å². The highest BCUT2D eigenvalue weighted by atomic mass is 16.5. The number of carbonyl (C=O) groups excluding carboxylic acids is 1. The highest BCUT2D eigenvalue weighted by molar-refractivity contribution is 5.75. The van der Waals surface area contributed by atoms with Crippen LogP contribution >= 0.6 is 0 Å². The number of anilines is 1. The Morgan fingerprint density at radius 3 is 2.62 bits per heavy atom. The van der Waals surface area contributed by atoms with Crippen molar-refractivity contribution in [2.45, 2.75) is 32.4 Å². The minimum atomic E-state index is -0.0925. The Kier molecular flexibility index (Phi) is 5.25. The number of hydrogen-bond acceptors (Lipinski definition) is 6. The topological polar surface area (TPSA) is 85.2 Å². The van der Waals surface area contributed by atoms with Gasteiger partial charge in [0.15, 0.2) is 5.82 Å². The van der Waals surface area contributed by atoms with Crippen LogP contribution in [0, 0.1) is 0 Å². The second kappa shape index (κ2) is 7.76. The molecule has 128 valence electrons. The van der Waals surface area contributed by atoms with E-state index in [1.165, 1.54) is 13.5 Å². The van der Waals surface area contributed by atoms with E-state index < -0.39 is 0 Å². The molecule has 3 heterocycles. The van der Waals surface area contributed by atoms with Crippen LogP contribution < -0.4 is 15.0 Å². The van der Waals surface area contributed by atoms with Gasteiger partial charge in [-0.1, -0.05) is 0 Å². The van der Waals surface area contributed by atoms with Crippen molar-refractivity contribution in [1.29, 1.82) is 0 Å². The number of ether oxygens (including phenoxy) is 1. The molecule has 0 saturated carbocycles. The zero-order valence-corrected chi connectivity index (χ0v) is 13.8. The van der Waals surface area contributed by atoms with Crippen molar-refractivity contribution < 1.29 is 9.53 Å². The Bertz CT molecular complexity index is 667. The first-order valence-corrected chi connectivity index (χ1v) is 8.16. The molecule has 1 aliphatic heterocycles. The van der Waals surface area contributed by atoms with E-state index >= 15 is 0 Å². The van der Waals surface area contributed by atoms with Gasteiger partial charge in [-0.2, -0.15) is 15.0 Å². The quantitative estimate of drug-likeness (QED) is 0.850. The van der Waals surface area contributed by atoms with Crippen molar-refractivity contribution in [3.05, 3.63) is 30.4 Å². The predicted octanol–water partition coefficient (Wildman–Crippen LogP) is 0.988. The lowest BCUT2D eigenvalue weighted by Gasteiger charge is -2.26. The normalized spacial score (nSPS) is 14.5. The number of hydrogen-bond donors (Lipinski definition) is 1. The monoisotopic (exact) mass is 330 g/mol. The summed E-state index contributed by atoms with van der Waals surface area (Å²) in [6, 6.07) is 4.05. The Morgan fingerprint density at radius 1 is 1.17 bits per heavy atom. The molecule has 3 rings (SSSR count). The van der Waals surface area contributed by atoms with E-state index in [4.69, 9.17) is 4.74 Å². The van der Waals surface area contributed by atoms with Crippen LogP contribution in [0.5, 0.6) is 6.01 Å². The maximum atomic E-state index is 12.0. The van der Waals surface area contributed by atoms with E-state index in [2.05, 4.69) is 25.2 Å². The third-order valence-corrected chi connectivity index (χ3v) is 3.91. The van der Waals surface area contributed by atoms with Gasteiger partial charge in [0.2, 0.25) is 11.9 Å². The molecule has 8 nitrogen and oxygen atoms in total. The van der Waals surface area contributed by atoms with Crippen molar-refractivity contribution in [2.24, 2.45) is 0 Å². The fourth-order valence-electron chi connectivity index (χ4n) is 2.67. The molecule has 8 heteroatoms. The van der Waals surface area contributed by atoms with Crippen LogP contribution in [0.2, 0.25) is 0 Å². The molecule has 2 aromatic heterocycles. The smallest absolute Gasteiger partial charge is 0.321 e. The van der Waals surface area contributed by atoms with E-state index in [0.29, 0.717) is 11.8 Å². The molecule has 0 atom stereocenters. The van der Waals surface area contributed by atoms with Crippen LogP contribution in [0.15, 0.2) is 24.5 Å². The van der Waals surface area contributed by atoms with Gasteiger partial charge in [0.1, 0.15) is 6.54 Å². The molecule has 0 aliphatic carbocycles. The Morgan fingerprint density at radius 2 is 1.92 bits per heavy atom. The number of methoxy groups -OCH3 is 1. The molecular formula is C16H22N6O2. The van der Waals surface area contributed by atoms with Crippen molar-refractivity contribution in [2.75, 3.05) is 25.1 Å². The van der Waals surface area contributed by atoms with E-state index in [-0.39, 0.29) is 25.0 Å². The van der Waals surface area contributed by atoms with Gasteiger partial charge in [-0.05, 0) is 31.4 Å². The number of amides is 1. The van der Waals surface area contributed by atoms with Crippen LogP contribution in [0.1, 0.15) is 25.1 Å². The first-order valence-electron chi connectivity index (χ1n) is 8.16. The van der Waals surface area contributed by atoms with E-state index in [1.54, 1.807) is 0 Å². The zero-order chi connectivity index (χ0) is 16.8. The number of piperidine rings is 1. The van der Waals surface area contributed by atoms with Gasteiger partial charge in [-0.15, -0.1) is 0 Å². The summed E-state index contributed by atoms with van der Waals surface area (Å²) in [5.74, 6) is 1.03. The van der Waals surface area contributed by atoms with Crippen LogP contribution in [0.3, 0.4) is 0 Å². The molecule has 0 bridgehead atoms. The fraction of sp³-hybridized carbons (Fsp3) is 0.500. The first kappa shape index (κ1) is 16.2. The van der Waals surface area contributed by atoms with Gasteiger partial charge in [0.05, 0.1) is 13.7 Å². The maximum absolute atomic E-state index is 12.0. The van der Waals surface area contributed by atoms with Gasteiger partial charge in [0, 0.05) is 25.5 Å². The number of nitrogens with one attached hydrogen (secondary N) is 1. The summed E-state index contributed by atoms with van der Waals surface area (Å²) in [7, 11) is 1.53. The molecule has 0 radical (unpaired) electrons. The largest absolute Gasteiger partial charge is 0.467 e. The van der Waals surface area contributed by atoms with Crippen LogP contribution in [-0.2, 0) is 17.9 Å². The maximum Gasteiger partial charge on any atom is 0.321 e. The first-order chi connectivity index (χ1) is 11.7. The molecule has 1 saturated heterocycles. The molecule has 24 heavy (non-hydrogen) atoms. The van der Waals surface area contributed by atoms with Crippen molar-refractivity contribution in [1.82, 2.24) is 24.8 Å². The SMILES string of the molecule is COc1nc(CNC(=O)Cn2cccc2)nc(N2CCCCC2)n1. The van der Waals surface area contributed by atoms with E-state index in [0.717, 1.165) is 25.9 Å². The Balaban J connectivity index is 1.64. The molecule has 1 fully saturated rings. The highest BCUT2D eigenvalue weighted by Gasteiger charge is 2.16. The van der Waals surface area contributed by atoms with Crippen LogP contribution in [0.4, 0.5) is 5.95 Å². The second-order valence-corrected chi connectivity index (χ2v) is 5.72. The minimum absolute atomic E-state index is 0.0925. The van der Waals surface area contributed by atoms with Crippen molar-refractivity contribution >= 4 is 11.9 Å². The molecule has 2 aromatic rings. The zero-order valence-electron chi connectivity index (χ0n) is 13.8. The molecule has 0 aromatic carbocycles. The molecule has 0 unspecified atom stereocenters. The summed E-state index contributed by atoms with van der Waals surface area (Å²) in [4.78, 5) is 27.1. The average Bonchev–Trinajstić information content (AvgIpc) is 3.13. The summed E-state index contributed by atoms with van der Waals surface area (Å²) >= 11 is 0. The third kappa shape index (κ3) is 4.21. The number of nitrogens with zero attached hydrogens (tertiary/aromatic N) is 5. The van der Waals surface area contributed by atoms with Crippen molar-refractivity contribution in [3.8, 4) is 6.01 Å². The van der Waals surface area contributed by atoms with Gasteiger partial charge in [-0.3, -0.25) is 4.79 Å². The van der Waals surface area contributed by atoms with Gasteiger partial charge >= 0.3 is 6.01 Å². The Hall–Kier alpha value is -2.64. The summed E-state index contributed by atoms with van der Waals surface area (Å²) in [5.41, 5.74) is 0. The number of aromatic nitrogens is 4. The lowest BCUT2D eigenvalue weighted by Crippen LogP contribution is -2.32. The molecular weight excluding hydrogens is 308 g/mol. The molecule has 0 spiro atoms. The van der Waals surface area contributed by atoms with Crippen molar-refractivity contribution in [3.63, 3.8) is 0 Å². The molecule has 1 amide bonds. The lowest BCUT2D eigenvalue weighted by molar-refractivity contribution is -0.121. The van der Waals surface area contributed by atoms with Gasteiger partial charge in [0.25, 0.3) is 0 Å². The minimum Gasteiger partial charge on any atom is -0.467 e. The summed E-state index contributed by atoms with van der Waals surface area (Å²) in [5, 5.41) is 2.83. The van der Waals surface area contributed by atoms with Gasteiger partial charge < -0.3 is 19.5 Å². The average molecular weight is 330 g/mol. The lowest BCUT2D eigenvalue weighted by atomic mass is 10.1. The summed E-state index contributed by atoms with van der Waals surface area (Å²) in [6.07, 6.45) is 7.20. The fourth-order valence-corrected chi connectivity index (χ4v) is 2.67. The molecule has 1 aliphatic rings. The number of carbonyl (C=O) groups is 1. The predicted molar refractivity (Wildman–Crippen MR) is 88.7 cm³/mol. The van der Waals surface area contributed by atoms with Crippen LogP contribution in [0.25, 0.3) is 0 Å². The second-order valence-electron chi connectivity index (χ2n) is 5.72. The van der Waals surface area contributed by atoms with Crippen LogP contribution in [-0.4, -0.2) is 45.6 Å². The summed E-state index contributed by atoms with van der Waals surface area (Å²) in [6.45, 7) is 2.40. The Labute approximate surface area is 140 Å². The standard InChI is InChI=1S/C16H22N6O2/c1-24-16-19-13(11-17-14(23)12-21-7-5-6-8-21)18-15(20-16)22-9-3-2-4-10-22/h5-8H,2-4,9-12H2,1H3,(H,17,23). The van der Waals surface area contributed by atoms with E-state index in [1.807, 2.05) is 29.1 Å². The third-order valence-electron chi connectivity index (χ3n) is 3.91. The summed E-state index contributed by atoms with van der Waals surface area (Å²) < 4.78 is 6.98. The highest BCUT2D eigenvalue weighted by Crippen LogP contribution is 2.17. The van der Waals surface area contributed by atoms with Gasteiger partial charge in [-0.25, -0.2) is 0 Å². The number of rotatable bonds is 6.